The molecule has 0 spiro atoms. The van der Waals surface area contributed by atoms with Gasteiger partial charge in [-0.15, -0.1) is 0 Å². The summed E-state index contributed by atoms with van der Waals surface area (Å²) >= 11 is 1.72. The van der Waals surface area contributed by atoms with Crippen LogP contribution < -0.4 is 19.5 Å². The second kappa shape index (κ2) is 13.6. The lowest BCUT2D eigenvalue weighted by Gasteiger charge is -2.29. The van der Waals surface area contributed by atoms with E-state index >= 15 is 0 Å². The van der Waals surface area contributed by atoms with Crippen LogP contribution in [0.5, 0.6) is 17.2 Å². The van der Waals surface area contributed by atoms with Crippen molar-refractivity contribution in [3.05, 3.63) is 113 Å². The third-order valence-corrected chi connectivity index (χ3v) is 8.32. The first-order valence-corrected chi connectivity index (χ1v) is 14.8. The minimum Gasteiger partial charge on any atom is -0.490 e. The molecule has 3 N–H and O–H groups in total. The molecule has 0 bridgehead atoms. The Morgan fingerprint density at radius 3 is 2.10 bits per heavy atom. The van der Waals surface area contributed by atoms with Gasteiger partial charge in [0.05, 0.1) is 17.4 Å². The Kier molecular flexibility index (Phi) is 9.46. The molecule has 0 unspecified atom stereocenters. The fraction of sp³-hybridized carbons (Fsp3) is 0.235. The van der Waals surface area contributed by atoms with Crippen molar-refractivity contribution < 1.29 is 24.2 Å². The highest BCUT2D eigenvalue weighted by Crippen LogP contribution is 2.29. The van der Waals surface area contributed by atoms with Gasteiger partial charge in [-0.25, -0.2) is 4.79 Å². The highest BCUT2D eigenvalue weighted by atomic mass is 32.2. The number of hydrogen-bond acceptors (Lipinski definition) is 6. The van der Waals surface area contributed by atoms with Crippen LogP contribution in [-0.4, -0.2) is 29.1 Å². The molecule has 4 aromatic carbocycles. The van der Waals surface area contributed by atoms with E-state index in [1.165, 1.54) is 22.1 Å². The smallest absolute Gasteiger partial charge is 0.337 e. The van der Waals surface area contributed by atoms with Gasteiger partial charge in [0.25, 0.3) is 5.91 Å². The van der Waals surface area contributed by atoms with E-state index in [1.54, 1.807) is 54.4 Å². The Bertz CT molecular complexity index is 1530. The number of carboxylic acids is 1. The van der Waals surface area contributed by atoms with Gasteiger partial charge in [0.1, 0.15) is 17.2 Å². The summed E-state index contributed by atoms with van der Waals surface area (Å²) in [6.07, 6.45) is 4.35. The predicted molar refractivity (Wildman–Crippen MR) is 166 cm³/mol. The number of ether oxygens (including phenoxy) is 2. The van der Waals surface area contributed by atoms with Gasteiger partial charge in [0.2, 0.25) is 0 Å². The van der Waals surface area contributed by atoms with Crippen molar-refractivity contribution in [1.29, 1.82) is 0 Å². The van der Waals surface area contributed by atoms with Gasteiger partial charge in [-0.3, -0.25) is 9.52 Å². The van der Waals surface area contributed by atoms with Crippen molar-refractivity contribution in [3.63, 3.8) is 0 Å². The molecule has 8 heteroatoms. The lowest BCUT2D eigenvalue weighted by molar-refractivity contribution is 0.0698. The average molecular weight is 583 g/mol. The zero-order valence-corrected chi connectivity index (χ0v) is 24.4. The van der Waals surface area contributed by atoms with Gasteiger partial charge in [-0.2, -0.15) is 0 Å². The zero-order valence-electron chi connectivity index (χ0n) is 23.6. The molecule has 0 aliphatic heterocycles. The van der Waals surface area contributed by atoms with Crippen LogP contribution in [0.2, 0.25) is 0 Å². The van der Waals surface area contributed by atoms with Gasteiger partial charge < -0.3 is 19.9 Å². The zero-order chi connectivity index (χ0) is 29.5. The number of amides is 1. The molecule has 1 aliphatic carbocycles. The highest BCUT2D eigenvalue weighted by molar-refractivity contribution is 7.97. The summed E-state index contributed by atoms with van der Waals surface area (Å²) in [6, 6.07) is 27.6. The van der Waals surface area contributed by atoms with Crippen LogP contribution in [0.3, 0.4) is 0 Å². The van der Waals surface area contributed by atoms with Crippen LogP contribution in [-0.2, 0) is 0 Å². The summed E-state index contributed by atoms with van der Waals surface area (Å²) in [4.78, 5) is 25.3. The van der Waals surface area contributed by atoms with Crippen molar-refractivity contribution in [2.24, 2.45) is 0 Å². The first-order valence-electron chi connectivity index (χ1n) is 14.0. The van der Waals surface area contributed by atoms with Crippen LogP contribution >= 0.6 is 11.9 Å². The van der Waals surface area contributed by atoms with Crippen molar-refractivity contribution in [1.82, 2.24) is 4.72 Å². The largest absolute Gasteiger partial charge is 0.490 e. The van der Waals surface area contributed by atoms with Gasteiger partial charge >= 0.3 is 5.97 Å². The van der Waals surface area contributed by atoms with Crippen molar-refractivity contribution in [2.45, 2.75) is 56.6 Å². The molecule has 1 amide bonds. The molecule has 216 valence electrons. The molecule has 0 atom stereocenters. The molecule has 42 heavy (non-hydrogen) atoms. The third-order valence-electron chi connectivity index (χ3n) is 7.38. The molecule has 0 aromatic heterocycles. The quantitative estimate of drug-likeness (QED) is 0.163. The second-order valence-electron chi connectivity index (χ2n) is 10.5. The van der Waals surface area contributed by atoms with E-state index in [4.69, 9.17) is 9.47 Å². The number of carbonyl (C=O) groups is 2. The fourth-order valence-corrected chi connectivity index (χ4v) is 5.70. The lowest BCUT2D eigenvalue weighted by Crippen LogP contribution is -2.33. The maximum atomic E-state index is 12.6. The second-order valence-corrected chi connectivity index (χ2v) is 11.4. The minimum atomic E-state index is -1.10. The van der Waals surface area contributed by atoms with Crippen LogP contribution in [0.4, 0.5) is 5.69 Å². The molecule has 0 heterocycles. The number of carboxylic acid groups (broad SMARTS) is 1. The summed E-state index contributed by atoms with van der Waals surface area (Å²) in [5.41, 5.74) is 3.30. The number of nitrogens with one attached hydrogen (secondary N) is 2. The summed E-state index contributed by atoms with van der Waals surface area (Å²) in [7, 11) is 0. The molecule has 1 fully saturated rings. The molecule has 1 aliphatic rings. The maximum absolute atomic E-state index is 12.6. The minimum absolute atomic E-state index is 0.0333. The SMILES string of the molecule is Cc1ccc(SNC2CCC(Oc3ccc(Oc4ccc(C(=O)Nc5ccccc5C(=O)O)cc4)cc3)CC2)cc1C. The monoisotopic (exact) mass is 582 g/mol. The number of carbonyl (C=O) groups excluding carboxylic acids is 1. The molecule has 0 radical (unpaired) electrons. The van der Waals surface area contributed by atoms with E-state index in [2.05, 4.69) is 42.1 Å². The molecular weight excluding hydrogens is 548 g/mol. The fourth-order valence-electron chi connectivity index (χ4n) is 4.79. The topological polar surface area (TPSA) is 96.9 Å². The number of hydrogen-bond donors (Lipinski definition) is 3. The number of anilines is 1. The summed E-state index contributed by atoms with van der Waals surface area (Å²) in [5.74, 6) is 0.551. The number of rotatable bonds is 10. The van der Waals surface area contributed by atoms with E-state index in [9.17, 15) is 14.7 Å². The first-order chi connectivity index (χ1) is 20.3. The van der Waals surface area contributed by atoms with Gasteiger partial charge in [0, 0.05) is 16.5 Å². The Morgan fingerprint density at radius 2 is 1.43 bits per heavy atom. The summed E-state index contributed by atoms with van der Waals surface area (Å²) in [6.45, 7) is 4.28. The molecule has 4 aromatic rings. The summed E-state index contributed by atoms with van der Waals surface area (Å²) in [5, 5.41) is 12.0. The number of para-hydroxylation sites is 1. The maximum Gasteiger partial charge on any atom is 0.337 e. The van der Waals surface area contributed by atoms with Crippen LogP contribution in [0.1, 0.15) is 57.5 Å². The van der Waals surface area contributed by atoms with E-state index in [0.717, 1.165) is 31.4 Å². The average Bonchev–Trinajstić information content (AvgIpc) is 3.00. The number of benzene rings is 4. The molecule has 1 saturated carbocycles. The number of aryl methyl sites for hydroxylation is 2. The predicted octanol–water partition coefficient (Wildman–Crippen LogP) is 8.03. The van der Waals surface area contributed by atoms with E-state index in [0.29, 0.717) is 23.1 Å². The Labute approximate surface area is 250 Å². The molecule has 0 saturated heterocycles. The Balaban J connectivity index is 1.07. The lowest BCUT2D eigenvalue weighted by atomic mass is 9.94. The third kappa shape index (κ3) is 7.72. The molecule has 5 rings (SSSR count). The van der Waals surface area contributed by atoms with Crippen molar-refractivity contribution >= 4 is 29.5 Å². The Morgan fingerprint density at radius 1 is 0.786 bits per heavy atom. The van der Waals surface area contributed by atoms with E-state index < -0.39 is 11.9 Å². The van der Waals surface area contributed by atoms with Crippen molar-refractivity contribution in [3.8, 4) is 17.2 Å². The van der Waals surface area contributed by atoms with Crippen LogP contribution in [0.25, 0.3) is 0 Å². The normalized spacial score (nSPS) is 16.4. The van der Waals surface area contributed by atoms with Gasteiger partial charge in [-0.1, -0.05) is 18.2 Å². The van der Waals surface area contributed by atoms with Crippen LogP contribution in [0.15, 0.2) is 95.9 Å². The Hall–Kier alpha value is -4.27. The molecular formula is C34H34N2O5S. The van der Waals surface area contributed by atoms with Crippen molar-refractivity contribution in [2.75, 3.05) is 5.32 Å². The van der Waals surface area contributed by atoms with Crippen LogP contribution in [0, 0.1) is 13.8 Å². The highest BCUT2D eigenvalue weighted by Gasteiger charge is 2.22. The first kappa shape index (κ1) is 29.2. The summed E-state index contributed by atoms with van der Waals surface area (Å²) < 4.78 is 15.8. The standard InChI is InChI=1S/C34H34N2O5S/c1-22-7-20-30(21-23(22)2)42-36-25-10-14-27(15-11-25)41-29-18-16-28(17-19-29)40-26-12-8-24(9-13-26)33(37)35-32-6-4-3-5-31(32)34(38)39/h3-9,12-13,16-21,25,27,36H,10-11,14-15H2,1-2H3,(H,35,37)(H,38,39). The van der Waals surface area contributed by atoms with E-state index in [-0.39, 0.29) is 17.4 Å². The van der Waals surface area contributed by atoms with E-state index in [1.807, 2.05) is 24.3 Å². The number of aromatic carboxylic acids is 1. The molecule has 7 nitrogen and oxygen atoms in total. The van der Waals surface area contributed by atoms with Gasteiger partial charge in [0.15, 0.2) is 0 Å². The van der Waals surface area contributed by atoms with Gasteiger partial charge in [-0.05, 0) is 135 Å².